The van der Waals surface area contributed by atoms with Gasteiger partial charge in [-0.15, -0.1) is 0 Å². The third kappa shape index (κ3) is 2.68. The second-order valence-electron chi connectivity index (χ2n) is 3.97. The average Bonchev–Trinajstić information content (AvgIpc) is 2.46. The second-order valence-corrected chi connectivity index (χ2v) is 4.41. The van der Waals surface area contributed by atoms with E-state index < -0.39 is 4.92 Å². The summed E-state index contributed by atoms with van der Waals surface area (Å²) in [7, 11) is 1.64. The molecule has 6 nitrogen and oxygen atoms in total. The summed E-state index contributed by atoms with van der Waals surface area (Å²) in [6, 6.07) is 9.98. The Morgan fingerprint density at radius 3 is 2.85 bits per heavy atom. The summed E-state index contributed by atoms with van der Waals surface area (Å²) < 4.78 is 0. The molecule has 1 heterocycles. The Kier molecular flexibility index (Phi) is 3.82. The summed E-state index contributed by atoms with van der Waals surface area (Å²) in [5.41, 5.74) is 0.898. The zero-order valence-electron chi connectivity index (χ0n) is 10.4. The van der Waals surface area contributed by atoms with Crippen molar-refractivity contribution in [3.63, 3.8) is 0 Å². The van der Waals surface area contributed by atoms with Crippen LogP contribution < -0.4 is 4.90 Å². The molecule has 0 aliphatic carbocycles. The molecule has 0 amide bonds. The highest BCUT2D eigenvalue weighted by Crippen LogP contribution is 2.32. The van der Waals surface area contributed by atoms with Crippen LogP contribution in [0.1, 0.15) is 5.56 Å². The molecular formula is C13H9ClN4O2. The molecule has 0 atom stereocenters. The molecular weight excluding hydrogens is 280 g/mol. The summed E-state index contributed by atoms with van der Waals surface area (Å²) in [6.45, 7) is 0. The van der Waals surface area contributed by atoms with Crippen LogP contribution in [0.5, 0.6) is 0 Å². The van der Waals surface area contributed by atoms with Gasteiger partial charge in [0.2, 0.25) is 5.82 Å². The van der Waals surface area contributed by atoms with E-state index in [0.717, 1.165) is 0 Å². The molecule has 1 aromatic carbocycles. The number of hydrogen-bond donors (Lipinski definition) is 0. The fourth-order valence-electron chi connectivity index (χ4n) is 1.72. The molecule has 0 saturated heterocycles. The lowest BCUT2D eigenvalue weighted by Crippen LogP contribution is -2.13. The van der Waals surface area contributed by atoms with Crippen LogP contribution in [0.4, 0.5) is 17.2 Å². The Labute approximate surface area is 120 Å². The number of anilines is 2. The van der Waals surface area contributed by atoms with Crippen molar-refractivity contribution in [3.8, 4) is 6.07 Å². The Morgan fingerprint density at radius 2 is 2.20 bits per heavy atom. The van der Waals surface area contributed by atoms with Crippen LogP contribution in [-0.4, -0.2) is 17.0 Å². The molecule has 0 saturated carbocycles. The van der Waals surface area contributed by atoms with Gasteiger partial charge in [-0.3, -0.25) is 10.1 Å². The number of halogens is 1. The highest BCUT2D eigenvalue weighted by Gasteiger charge is 2.20. The smallest absolute Gasteiger partial charge is 0.313 e. The molecule has 0 aliphatic rings. The number of hydrogen-bond acceptors (Lipinski definition) is 5. The molecule has 2 aromatic rings. The molecule has 7 heteroatoms. The van der Waals surface area contributed by atoms with Crippen molar-refractivity contribution in [2.75, 3.05) is 11.9 Å². The van der Waals surface area contributed by atoms with Crippen molar-refractivity contribution in [3.05, 3.63) is 57.2 Å². The molecule has 0 spiro atoms. The normalized spacial score (nSPS) is 9.85. The highest BCUT2D eigenvalue weighted by molar-refractivity contribution is 6.30. The first kappa shape index (κ1) is 13.8. The minimum atomic E-state index is -0.543. The summed E-state index contributed by atoms with van der Waals surface area (Å²) in [6.07, 6.45) is 1.34. The summed E-state index contributed by atoms with van der Waals surface area (Å²) in [5, 5.41) is 20.1. The Morgan fingerprint density at radius 1 is 1.45 bits per heavy atom. The Bertz CT molecular complexity index is 712. The Balaban J connectivity index is 2.50. The molecule has 0 N–H and O–H groups in total. The molecule has 1 aromatic heterocycles. The third-order valence-corrected chi connectivity index (χ3v) is 2.90. The van der Waals surface area contributed by atoms with Gasteiger partial charge in [-0.2, -0.15) is 5.26 Å². The molecule has 0 aliphatic heterocycles. The van der Waals surface area contributed by atoms with E-state index >= 15 is 0 Å². The first-order valence-corrected chi connectivity index (χ1v) is 5.94. The highest BCUT2D eigenvalue weighted by atomic mass is 35.5. The largest absolute Gasteiger partial charge is 0.324 e. The van der Waals surface area contributed by atoms with Gasteiger partial charge in [-0.25, -0.2) is 4.98 Å². The van der Waals surface area contributed by atoms with Crippen LogP contribution in [0.3, 0.4) is 0 Å². The van der Waals surface area contributed by atoms with E-state index in [1.165, 1.54) is 17.2 Å². The monoisotopic (exact) mass is 288 g/mol. The lowest BCUT2D eigenvalue weighted by molar-refractivity contribution is -0.384. The number of nitrogens with zero attached hydrogens (tertiary/aromatic N) is 4. The van der Waals surface area contributed by atoms with E-state index in [9.17, 15) is 10.1 Å². The van der Waals surface area contributed by atoms with Gasteiger partial charge in [-0.05, 0) is 18.2 Å². The van der Waals surface area contributed by atoms with Gasteiger partial charge in [0.25, 0.3) is 0 Å². The van der Waals surface area contributed by atoms with Gasteiger partial charge in [0.05, 0.1) is 21.6 Å². The van der Waals surface area contributed by atoms with E-state index in [-0.39, 0.29) is 16.5 Å². The predicted molar refractivity (Wildman–Crippen MR) is 75.1 cm³/mol. The lowest BCUT2D eigenvalue weighted by Gasteiger charge is -2.18. The van der Waals surface area contributed by atoms with Gasteiger partial charge in [-0.1, -0.05) is 17.7 Å². The van der Waals surface area contributed by atoms with Gasteiger partial charge in [0.15, 0.2) is 0 Å². The zero-order chi connectivity index (χ0) is 14.7. The number of benzene rings is 1. The zero-order valence-corrected chi connectivity index (χ0v) is 11.2. The summed E-state index contributed by atoms with van der Waals surface area (Å²) in [5.74, 6) is 0.162. The van der Waals surface area contributed by atoms with Crippen molar-refractivity contribution in [1.82, 2.24) is 4.98 Å². The summed E-state index contributed by atoms with van der Waals surface area (Å²) >= 11 is 5.73. The van der Waals surface area contributed by atoms with E-state index in [1.54, 1.807) is 31.3 Å². The molecule has 2 rings (SSSR count). The lowest BCUT2D eigenvalue weighted by atomic mass is 10.2. The minimum Gasteiger partial charge on any atom is -0.324 e. The van der Waals surface area contributed by atoms with Crippen LogP contribution in [0.2, 0.25) is 5.02 Å². The SMILES string of the molecule is CN(c1cccc(C#N)c1)c1ncc(Cl)cc1[N+](=O)[O-]. The molecule has 0 unspecified atom stereocenters. The number of aromatic nitrogens is 1. The predicted octanol–water partition coefficient (Wildman–Crippen LogP) is 3.28. The average molecular weight is 289 g/mol. The van der Waals surface area contributed by atoms with Crippen molar-refractivity contribution in [2.24, 2.45) is 0 Å². The van der Waals surface area contributed by atoms with E-state index in [4.69, 9.17) is 16.9 Å². The maximum atomic E-state index is 11.1. The molecule has 0 radical (unpaired) electrons. The van der Waals surface area contributed by atoms with E-state index in [1.807, 2.05) is 6.07 Å². The van der Waals surface area contributed by atoms with Gasteiger partial charge in [0, 0.05) is 25.0 Å². The van der Waals surface area contributed by atoms with Crippen molar-refractivity contribution < 1.29 is 4.92 Å². The Hall–Kier alpha value is -2.65. The first-order chi connectivity index (χ1) is 9.52. The first-order valence-electron chi connectivity index (χ1n) is 5.56. The van der Waals surface area contributed by atoms with Crippen LogP contribution in [0.25, 0.3) is 0 Å². The minimum absolute atomic E-state index is 0.162. The van der Waals surface area contributed by atoms with E-state index in [2.05, 4.69) is 4.98 Å². The topological polar surface area (TPSA) is 83.1 Å². The van der Waals surface area contributed by atoms with Gasteiger partial charge < -0.3 is 4.90 Å². The van der Waals surface area contributed by atoms with Crippen LogP contribution in [0, 0.1) is 21.4 Å². The van der Waals surface area contributed by atoms with Crippen molar-refractivity contribution in [2.45, 2.75) is 0 Å². The number of nitro groups is 1. The molecule has 0 fully saturated rings. The second kappa shape index (κ2) is 5.55. The molecule has 20 heavy (non-hydrogen) atoms. The fourth-order valence-corrected chi connectivity index (χ4v) is 1.87. The van der Waals surface area contributed by atoms with Gasteiger partial charge >= 0.3 is 5.69 Å². The van der Waals surface area contributed by atoms with Crippen molar-refractivity contribution in [1.29, 1.82) is 5.26 Å². The fraction of sp³-hybridized carbons (Fsp3) is 0.0769. The number of pyridine rings is 1. The standard InChI is InChI=1S/C13H9ClN4O2/c1-17(11-4-2-3-9(5-11)7-15)13-12(18(19)20)6-10(14)8-16-13/h2-6,8H,1H3. The number of nitriles is 1. The van der Waals surface area contributed by atoms with Gasteiger partial charge in [0.1, 0.15) is 0 Å². The van der Waals surface area contributed by atoms with Crippen LogP contribution in [0.15, 0.2) is 36.5 Å². The van der Waals surface area contributed by atoms with Crippen molar-refractivity contribution >= 4 is 28.8 Å². The number of rotatable bonds is 3. The quantitative estimate of drug-likeness (QED) is 0.639. The molecule has 0 bridgehead atoms. The van der Waals surface area contributed by atoms with Crippen LogP contribution >= 0.6 is 11.6 Å². The van der Waals surface area contributed by atoms with E-state index in [0.29, 0.717) is 11.3 Å². The summed E-state index contributed by atoms with van der Waals surface area (Å²) in [4.78, 5) is 16.1. The third-order valence-electron chi connectivity index (χ3n) is 2.69. The maximum absolute atomic E-state index is 11.1. The molecule has 100 valence electrons. The van der Waals surface area contributed by atoms with Crippen LogP contribution in [-0.2, 0) is 0 Å². The maximum Gasteiger partial charge on any atom is 0.313 e.